The highest BCUT2D eigenvalue weighted by Crippen LogP contribution is 2.02. The number of nitrogens with zero attached hydrogens (tertiary/aromatic N) is 3. The van der Waals surface area contributed by atoms with Crippen molar-refractivity contribution in [3.8, 4) is 0 Å². The second-order valence-electron chi connectivity index (χ2n) is 3.83. The summed E-state index contributed by atoms with van der Waals surface area (Å²) in [7, 11) is 0. The summed E-state index contributed by atoms with van der Waals surface area (Å²) in [5.74, 6) is -0.583. The molecule has 104 valence electrons. The Morgan fingerprint density at radius 1 is 1.26 bits per heavy atom. The van der Waals surface area contributed by atoms with Crippen LogP contribution in [0.4, 0.5) is 5.82 Å². The molecule has 1 rings (SSSR count). The summed E-state index contributed by atoms with van der Waals surface area (Å²) in [5, 5.41) is 11.6. The average Bonchev–Trinajstić information content (AvgIpc) is 2.40. The molecule has 7 heteroatoms. The van der Waals surface area contributed by atoms with Crippen molar-refractivity contribution in [2.45, 2.75) is 20.3 Å². The molecule has 2 N–H and O–H groups in total. The van der Waals surface area contributed by atoms with Crippen LogP contribution in [-0.4, -0.2) is 51.5 Å². The Hall–Kier alpha value is -2.18. The molecule has 0 aromatic carbocycles. The summed E-state index contributed by atoms with van der Waals surface area (Å²) in [4.78, 5) is 31.7. The molecule has 0 saturated heterocycles. The minimum atomic E-state index is -1.12. The third-order valence-corrected chi connectivity index (χ3v) is 2.63. The van der Waals surface area contributed by atoms with Crippen LogP contribution in [0.5, 0.6) is 0 Å². The van der Waals surface area contributed by atoms with Gasteiger partial charge in [0.2, 0.25) is 5.91 Å². The molecule has 7 nitrogen and oxygen atoms in total. The van der Waals surface area contributed by atoms with Crippen LogP contribution < -0.4 is 5.32 Å². The number of anilines is 1. The zero-order chi connectivity index (χ0) is 14.3. The van der Waals surface area contributed by atoms with Gasteiger partial charge in [-0.2, -0.15) is 0 Å². The van der Waals surface area contributed by atoms with E-state index in [0.717, 1.165) is 0 Å². The molecule has 0 aliphatic rings. The van der Waals surface area contributed by atoms with Gasteiger partial charge >= 0.3 is 5.97 Å². The van der Waals surface area contributed by atoms with E-state index in [-0.39, 0.29) is 11.6 Å². The highest BCUT2D eigenvalue weighted by Gasteiger charge is 2.09. The molecule has 1 aromatic heterocycles. The number of carbonyl (C=O) groups excluding carboxylic acids is 1. The molecule has 1 aromatic rings. The molecular formula is C12H18N4O3. The molecule has 1 amide bonds. The van der Waals surface area contributed by atoms with Crippen LogP contribution in [0.3, 0.4) is 0 Å². The number of hydrogen-bond donors (Lipinski definition) is 2. The Balaban J connectivity index is 2.41. The minimum absolute atomic E-state index is 0.0765. The van der Waals surface area contributed by atoms with Crippen LogP contribution in [0.25, 0.3) is 0 Å². The zero-order valence-electron chi connectivity index (χ0n) is 11.1. The lowest BCUT2D eigenvalue weighted by molar-refractivity contribution is -0.130. The minimum Gasteiger partial charge on any atom is -0.476 e. The first-order valence-electron chi connectivity index (χ1n) is 6.15. The maximum absolute atomic E-state index is 11.7. The van der Waals surface area contributed by atoms with E-state index in [9.17, 15) is 9.59 Å². The molecular weight excluding hydrogens is 248 g/mol. The van der Waals surface area contributed by atoms with Gasteiger partial charge in [-0.1, -0.05) is 0 Å². The lowest BCUT2D eigenvalue weighted by atomic mass is 10.3. The number of carboxylic acids is 1. The summed E-state index contributed by atoms with van der Waals surface area (Å²) in [6, 6.07) is 0. The Morgan fingerprint density at radius 3 is 2.42 bits per heavy atom. The van der Waals surface area contributed by atoms with Crippen molar-refractivity contribution in [3.63, 3.8) is 0 Å². The smallest absolute Gasteiger partial charge is 0.356 e. The molecule has 1 heterocycles. The number of aromatic carboxylic acids is 1. The van der Waals surface area contributed by atoms with Crippen molar-refractivity contribution in [3.05, 3.63) is 18.1 Å². The van der Waals surface area contributed by atoms with E-state index in [2.05, 4.69) is 15.3 Å². The number of aromatic nitrogens is 2. The van der Waals surface area contributed by atoms with E-state index in [0.29, 0.717) is 31.9 Å². The van der Waals surface area contributed by atoms with E-state index < -0.39 is 5.97 Å². The summed E-state index contributed by atoms with van der Waals surface area (Å²) in [6.45, 7) is 5.71. The van der Waals surface area contributed by atoms with Crippen LogP contribution in [0.15, 0.2) is 12.4 Å². The highest BCUT2D eigenvalue weighted by molar-refractivity contribution is 5.84. The van der Waals surface area contributed by atoms with Crippen LogP contribution in [0, 0.1) is 0 Å². The quantitative estimate of drug-likeness (QED) is 0.759. The summed E-state index contributed by atoms with van der Waals surface area (Å²) in [6.07, 6.45) is 2.88. The topological polar surface area (TPSA) is 95.4 Å². The summed E-state index contributed by atoms with van der Waals surface area (Å²) < 4.78 is 0. The summed E-state index contributed by atoms with van der Waals surface area (Å²) in [5.41, 5.74) is -0.107. The van der Waals surface area contributed by atoms with Gasteiger partial charge in [-0.25, -0.2) is 14.8 Å². The van der Waals surface area contributed by atoms with Gasteiger partial charge < -0.3 is 15.3 Å². The normalized spacial score (nSPS) is 10.0. The van der Waals surface area contributed by atoms with Crippen LogP contribution in [0.1, 0.15) is 30.8 Å². The van der Waals surface area contributed by atoms with Gasteiger partial charge in [-0.3, -0.25) is 4.79 Å². The van der Waals surface area contributed by atoms with Gasteiger partial charge in [0.15, 0.2) is 5.69 Å². The molecule has 0 aliphatic heterocycles. The van der Waals surface area contributed by atoms with Crippen LogP contribution in [0.2, 0.25) is 0 Å². The number of hydrogen-bond acceptors (Lipinski definition) is 5. The van der Waals surface area contributed by atoms with Gasteiger partial charge in [0.25, 0.3) is 0 Å². The number of carbonyl (C=O) groups is 2. The van der Waals surface area contributed by atoms with E-state index in [1.807, 2.05) is 13.8 Å². The standard InChI is InChI=1S/C12H18N4O3/c1-3-16(4-2)11(17)5-6-13-10-8-14-9(7-15-10)12(18)19/h7-8H,3-6H2,1-2H3,(H,13,15)(H,18,19). The SMILES string of the molecule is CCN(CC)C(=O)CCNc1cnc(C(=O)O)cn1. The van der Waals surface area contributed by atoms with Crippen molar-refractivity contribution in [2.75, 3.05) is 25.0 Å². The third kappa shape index (κ3) is 4.53. The molecule has 19 heavy (non-hydrogen) atoms. The molecule has 0 aliphatic carbocycles. The number of rotatable bonds is 7. The predicted molar refractivity (Wildman–Crippen MR) is 70.0 cm³/mol. The molecule has 0 bridgehead atoms. The molecule has 0 atom stereocenters. The largest absolute Gasteiger partial charge is 0.476 e. The third-order valence-electron chi connectivity index (χ3n) is 2.63. The van der Waals surface area contributed by atoms with Crippen LogP contribution in [-0.2, 0) is 4.79 Å². The Labute approximate surface area is 111 Å². The first kappa shape index (κ1) is 14.9. The monoisotopic (exact) mass is 266 g/mol. The van der Waals surface area contributed by atoms with E-state index in [1.165, 1.54) is 12.4 Å². The first-order valence-corrected chi connectivity index (χ1v) is 6.15. The van der Waals surface area contributed by atoms with Gasteiger partial charge in [0, 0.05) is 26.1 Å². The second-order valence-corrected chi connectivity index (χ2v) is 3.83. The summed E-state index contributed by atoms with van der Waals surface area (Å²) >= 11 is 0. The van der Waals surface area contributed by atoms with Crippen molar-refractivity contribution in [2.24, 2.45) is 0 Å². The van der Waals surface area contributed by atoms with E-state index in [1.54, 1.807) is 4.90 Å². The number of amides is 1. The molecule has 0 saturated carbocycles. The number of nitrogens with one attached hydrogen (secondary N) is 1. The Morgan fingerprint density at radius 2 is 1.95 bits per heavy atom. The van der Waals surface area contributed by atoms with E-state index >= 15 is 0 Å². The van der Waals surface area contributed by atoms with Gasteiger partial charge in [-0.15, -0.1) is 0 Å². The Bertz CT molecular complexity index is 429. The van der Waals surface area contributed by atoms with Crippen molar-refractivity contribution in [1.82, 2.24) is 14.9 Å². The fourth-order valence-corrected chi connectivity index (χ4v) is 1.56. The molecule has 0 unspecified atom stereocenters. The number of carboxylic acid groups (broad SMARTS) is 1. The zero-order valence-corrected chi connectivity index (χ0v) is 11.1. The maximum atomic E-state index is 11.7. The Kier molecular flexibility index (Phi) is 5.72. The van der Waals surface area contributed by atoms with Crippen molar-refractivity contribution in [1.29, 1.82) is 0 Å². The van der Waals surface area contributed by atoms with Crippen molar-refractivity contribution >= 4 is 17.7 Å². The average molecular weight is 266 g/mol. The second kappa shape index (κ2) is 7.30. The van der Waals surface area contributed by atoms with E-state index in [4.69, 9.17) is 5.11 Å². The lowest BCUT2D eigenvalue weighted by Gasteiger charge is -2.18. The highest BCUT2D eigenvalue weighted by atomic mass is 16.4. The fraction of sp³-hybridized carbons (Fsp3) is 0.500. The first-order chi connectivity index (χ1) is 9.08. The van der Waals surface area contributed by atoms with Gasteiger partial charge in [-0.05, 0) is 13.8 Å². The fourth-order valence-electron chi connectivity index (χ4n) is 1.56. The van der Waals surface area contributed by atoms with Crippen LogP contribution >= 0.6 is 0 Å². The molecule has 0 fully saturated rings. The van der Waals surface area contributed by atoms with Gasteiger partial charge in [0.1, 0.15) is 5.82 Å². The maximum Gasteiger partial charge on any atom is 0.356 e. The lowest BCUT2D eigenvalue weighted by Crippen LogP contribution is -2.31. The molecule has 0 radical (unpaired) electrons. The predicted octanol–water partition coefficient (Wildman–Crippen LogP) is 0.845. The van der Waals surface area contributed by atoms with Crippen molar-refractivity contribution < 1.29 is 14.7 Å². The van der Waals surface area contributed by atoms with Gasteiger partial charge in [0.05, 0.1) is 12.4 Å². The molecule has 0 spiro atoms.